The quantitative estimate of drug-likeness (QED) is 0.276. The third-order valence-corrected chi connectivity index (χ3v) is 6.67. The standard InChI is InChI=1S/C23H18Cl3N3S/c1-14-3-10-20(11-15(14)2)29-22(16-4-7-18(24)8-5-16)27-28-23(29)30-13-17-6-9-19(25)12-21(17)26/h3-12H,13H2,1-2H3. The number of benzene rings is 3. The molecular weight excluding hydrogens is 457 g/mol. The number of rotatable bonds is 5. The molecule has 4 rings (SSSR count). The summed E-state index contributed by atoms with van der Waals surface area (Å²) in [7, 11) is 0. The Morgan fingerprint density at radius 3 is 2.23 bits per heavy atom. The van der Waals surface area contributed by atoms with Gasteiger partial charge in [0.1, 0.15) is 0 Å². The molecule has 7 heteroatoms. The van der Waals surface area contributed by atoms with Crippen molar-refractivity contribution in [3.05, 3.63) is 92.4 Å². The summed E-state index contributed by atoms with van der Waals surface area (Å²) in [6.07, 6.45) is 0. The fourth-order valence-electron chi connectivity index (χ4n) is 3.03. The second-order valence-electron chi connectivity index (χ2n) is 6.94. The highest BCUT2D eigenvalue weighted by Crippen LogP contribution is 2.33. The van der Waals surface area contributed by atoms with Crippen molar-refractivity contribution in [2.45, 2.75) is 24.8 Å². The third kappa shape index (κ3) is 4.52. The Labute approximate surface area is 195 Å². The average Bonchev–Trinajstić information content (AvgIpc) is 3.14. The summed E-state index contributed by atoms with van der Waals surface area (Å²) >= 11 is 20.0. The Morgan fingerprint density at radius 1 is 0.800 bits per heavy atom. The molecule has 1 aromatic heterocycles. The second-order valence-corrected chi connectivity index (χ2v) is 9.16. The van der Waals surface area contributed by atoms with Crippen LogP contribution in [0, 0.1) is 13.8 Å². The Morgan fingerprint density at radius 2 is 1.53 bits per heavy atom. The first kappa shape index (κ1) is 21.3. The highest BCUT2D eigenvalue weighted by Gasteiger charge is 2.17. The highest BCUT2D eigenvalue weighted by molar-refractivity contribution is 7.98. The molecule has 1 heterocycles. The van der Waals surface area contributed by atoms with Crippen molar-refractivity contribution < 1.29 is 0 Å². The van der Waals surface area contributed by atoms with Crippen LogP contribution in [0.5, 0.6) is 0 Å². The summed E-state index contributed by atoms with van der Waals surface area (Å²) in [4.78, 5) is 0. The molecule has 0 unspecified atom stereocenters. The fraction of sp³-hybridized carbons (Fsp3) is 0.130. The van der Waals surface area contributed by atoms with Crippen LogP contribution in [0.15, 0.2) is 65.8 Å². The van der Waals surface area contributed by atoms with Crippen molar-refractivity contribution in [2.75, 3.05) is 0 Å². The fourth-order valence-corrected chi connectivity index (χ4v) is 4.66. The van der Waals surface area contributed by atoms with E-state index in [0.717, 1.165) is 27.8 Å². The van der Waals surface area contributed by atoms with Gasteiger partial charge in [0.15, 0.2) is 11.0 Å². The Balaban J connectivity index is 1.76. The minimum Gasteiger partial charge on any atom is -0.270 e. The van der Waals surface area contributed by atoms with Crippen molar-refractivity contribution in [1.29, 1.82) is 0 Å². The first-order chi connectivity index (χ1) is 14.4. The Bertz CT molecular complexity index is 1200. The maximum Gasteiger partial charge on any atom is 0.196 e. The lowest BCUT2D eigenvalue weighted by molar-refractivity contribution is 0.884. The van der Waals surface area contributed by atoms with Crippen molar-refractivity contribution in [3.63, 3.8) is 0 Å². The summed E-state index contributed by atoms with van der Waals surface area (Å²) in [5.74, 6) is 1.42. The maximum atomic E-state index is 6.35. The number of aromatic nitrogens is 3. The first-order valence-corrected chi connectivity index (χ1v) is 11.4. The van der Waals surface area contributed by atoms with E-state index in [1.165, 1.54) is 11.1 Å². The van der Waals surface area contributed by atoms with Crippen molar-refractivity contribution >= 4 is 46.6 Å². The van der Waals surface area contributed by atoms with Crippen molar-refractivity contribution in [3.8, 4) is 17.1 Å². The van der Waals surface area contributed by atoms with Gasteiger partial charge < -0.3 is 0 Å². The number of hydrogen-bond donors (Lipinski definition) is 0. The van der Waals surface area contributed by atoms with Crippen LogP contribution in [0.1, 0.15) is 16.7 Å². The maximum absolute atomic E-state index is 6.35. The van der Waals surface area contributed by atoms with Crippen LogP contribution in [-0.2, 0) is 5.75 Å². The summed E-state index contributed by atoms with van der Waals surface area (Å²) in [5.41, 5.74) is 5.40. The molecule has 0 bridgehead atoms. The lowest BCUT2D eigenvalue weighted by Gasteiger charge is -2.12. The molecule has 0 saturated heterocycles. The van der Waals surface area contributed by atoms with E-state index in [4.69, 9.17) is 34.8 Å². The normalized spacial score (nSPS) is 11.1. The van der Waals surface area contributed by atoms with Crippen molar-refractivity contribution in [2.24, 2.45) is 0 Å². The predicted molar refractivity (Wildman–Crippen MR) is 127 cm³/mol. The number of aryl methyl sites for hydroxylation is 2. The molecular formula is C23H18Cl3N3S. The van der Waals surface area contributed by atoms with Gasteiger partial charge in [-0.1, -0.05) is 58.7 Å². The van der Waals surface area contributed by atoms with E-state index in [0.29, 0.717) is 20.8 Å². The van der Waals surface area contributed by atoms with Gasteiger partial charge in [0.2, 0.25) is 0 Å². The molecule has 0 fully saturated rings. The van der Waals surface area contributed by atoms with Crippen LogP contribution < -0.4 is 0 Å². The zero-order chi connectivity index (χ0) is 21.3. The number of halogens is 3. The Kier molecular flexibility index (Phi) is 6.40. The smallest absolute Gasteiger partial charge is 0.196 e. The van der Waals surface area contributed by atoms with Gasteiger partial charge in [-0.05, 0) is 79.1 Å². The minimum atomic E-state index is 0.622. The SMILES string of the molecule is Cc1ccc(-n2c(SCc3ccc(Cl)cc3Cl)nnc2-c2ccc(Cl)cc2)cc1C. The van der Waals surface area contributed by atoms with Gasteiger partial charge in [-0.15, -0.1) is 10.2 Å². The highest BCUT2D eigenvalue weighted by atomic mass is 35.5. The molecule has 0 amide bonds. The predicted octanol–water partition coefficient (Wildman–Crippen LogP) is 7.80. The zero-order valence-corrected chi connectivity index (χ0v) is 19.4. The van der Waals surface area contributed by atoms with E-state index >= 15 is 0 Å². The molecule has 0 aliphatic heterocycles. The van der Waals surface area contributed by atoms with Gasteiger partial charge in [0.05, 0.1) is 5.69 Å². The molecule has 0 radical (unpaired) electrons. The number of thioether (sulfide) groups is 1. The van der Waals surface area contributed by atoms with Crippen LogP contribution >= 0.6 is 46.6 Å². The third-order valence-electron chi connectivity index (χ3n) is 4.86. The van der Waals surface area contributed by atoms with E-state index in [9.17, 15) is 0 Å². The van der Waals surface area contributed by atoms with Gasteiger partial charge in [-0.25, -0.2) is 0 Å². The molecule has 4 aromatic rings. The van der Waals surface area contributed by atoms with Crippen LogP contribution in [-0.4, -0.2) is 14.8 Å². The number of hydrogen-bond acceptors (Lipinski definition) is 3. The lowest BCUT2D eigenvalue weighted by atomic mass is 10.1. The van der Waals surface area contributed by atoms with Crippen LogP contribution in [0.2, 0.25) is 15.1 Å². The largest absolute Gasteiger partial charge is 0.270 e. The Hall–Kier alpha value is -1.98. The summed E-state index contributed by atoms with van der Waals surface area (Å²) < 4.78 is 2.07. The van der Waals surface area contributed by atoms with Crippen molar-refractivity contribution in [1.82, 2.24) is 14.8 Å². The van der Waals surface area contributed by atoms with Gasteiger partial charge in [0, 0.05) is 26.4 Å². The first-order valence-electron chi connectivity index (χ1n) is 9.28. The molecule has 0 spiro atoms. The van der Waals surface area contributed by atoms with Crippen LogP contribution in [0.4, 0.5) is 0 Å². The van der Waals surface area contributed by atoms with Gasteiger partial charge in [-0.2, -0.15) is 0 Å². The lowest BCUT2D eigenvalue weighted by Crippen LogP contribution is -2.01. The molecule has 3 nitrogen and oxygen atoms in total. The van der Waals surface area contributed by atoms with Gasteiger partial charge in [-0.3, -0.25) is 4.57 Å². The molecule has 3 aromatic carbocycles. The van der Waals surface area contributed by atoms with E-state index in [2.05, 4.69) is 46.8 Å². The molecule has 0 aliphatic carbocycles. The molecule has 0 atom stereocenters. The van der Waals surface area contributed by atoms with Gasteiger partial charge in [0.25, 0.3) is 0 Å². The minimum absolute atomic E-state index is 0.622. The summed E-state index contributed by atoms with van der Waals surface area (Å²) in [6, 6.07) is 19.5. The molecule has 152 valence electrons. The molecule has 0 aliphatic rings. The van der Waals surface area contributed by atoms with E-state index in [-0.39, 0.29) is 0 Å². The van der Waals surface area contributed by atoms with E-state index in [1.807, 2.05) is 36.4 Å². The average molecular weight is 475 g/mol. The topological polar surface area (TPSA) is 30.7 Å². The molecule has 30 heavy (non-hydrogen) atoms. The van der Waals surface area contributed by atoms with E-state index in [1.54, 1.807) is 17.8 Å². The summed E-state index contributed by atoms with van der Waals surface area (Å²) in [6.45, 7) is 4.20. The second kappa shape index (κ2) is 9.03. The molecule has 0 saturated carbocycles. The molecule has 0 N–H and O–H groups in total. The van der Waals surface area contributed by atoms with Gasteiger partial charge >= 0.3 is 0 Å². The summed E-state index contributed by atoms with van der Waals surface area (Å²) in [5, 5.41) is 11.7. The van der Waals surface area contributed by atoms with Crippen LogP contribution in [0.25, 0.3) is 17.1 Å². The van der Waals surface area contributed by atoms with E-state index < -0.39 is 0 Å². The zero-order valence-electron chi connectivity index (χ0n) is 16.4. The van der Waals surface area contributed by atoms with Crippen LogP contribution in [0.3, 0.4) is 0 Å². The number of nitrogens with zero attached hydrogens (tertiary/aromatic N) is 3. The monoisotopic (exact) mass is 473 g/mol.